The van der Waals surface area contributed by atoms with Crippen molar-refractivity contribution in [1.82, 2.24) is 0 Å². The number of halogens is 2. The van der Waals surface area contributed by atoms with Crippen molar-refractivity contribution in [2.75, 3.05) is 0 Å². The van der Waals surface area contributed by atoms with Crippen molar-refractivity contribution in [3.05, 3.63) is 33.4 Å². The molecule has 25 heavy (non-hydrogen) atoms. The average molecular weight is 467 g/mol. The topological polar surface area (TPSA) is 75.7 Å². The van der Waals surface area contributed by atoms with Gasteiger partial charge in [-0.15, -0.1) is 0 Å². The zero-order chi connectivity index (χ0) is 19.0. The molecule has 0 unspecified atom stereocenters. The Bertz CT molecular complexity index is 618. The number of non-ortho nitro benzene ring substituents is 1. The predicted octanol–water partition coefficient (Wildman–Crippen LogP) is 5.73. The Morgan fingerprint density at radius 2 is 1.96 bits per heavy atom. The van der Waals surface area contributed by atoms with Gasteiger partial charge in [-0.3, -0.25) is 15.1 Å². The third-order valence-electron chi connectivity index (χ3n) is 4.70. The Morgan fingerprint density at radius 3 is 2.44 bits per heavy atom. The quantitative estimate of drug-likeness (QED) is 0.342. The summed E-state index contributed by atoms with van der Waals surface area (Å²) in [5.74, 6) is 0.110. The fourth-order valence-corrected chi connectivity index (χ4v) is 2.79. The molecule has 0 heterocycles. The van der Waals surface area contributed by atoms with Crippen molar-refractivity contribution in [3.8, 4) is 5.75 Å². The summed E-state index contributed by atoms with van der Waals surface area (Å²) in [5, 5.41) is 21.7. The Kier molecular flexibility index (Phi) is 9.62. The van der Waals surface area contributed by atoms with Crippen LogP contribution in [0.1, 0.15) is 64.0 Å². The van der Waals surface area contributed by atoms with Crippen LogP contribution in [0.5, 0.6) is 5.75 Å². The normalized spacial score (nSPS) is 15.1. The standard InChI is InChI=1S/C17H24N2O3.2ClH.Zr/c1-4-17(2,3)15-10-14(19(21)22)9-12(16(15)20)11-18-13-7-5-6-8-13;;;/h9-11,13,20H,4-8H2,1-3H3;2*1H;/q;;;+2/p-2. The molecule has 1 saturated carbocycles. The van der Waals surface area contributed by atoms with E-state index < -0.39 is 25.8 Å². The number of hydrogen-bond donors (Lipinski definition) is 1. The van der Waals surface area contributed by atoms with Crippen LogP contribution in [0.15, 0.2) is 17.1 Å². The number of phenols is 1. The van der Waals surface area contributed by atoms with Gasteiger partial charge < -0.3 is 5.11 Å². The molecule has 0 aromatic heterocycles. The Hall–Kier alpha value is -0.447. The first kappa shape index (κ1) is 22.6. The van der Waals surface area contributed by atoms with Crippen molar-refractivity contribution in [2.24, 2.45) is 4.99 Å². The van der Waals surface area contributed by atoms with E-state index in [9.17, 15) is 15.2 Å². The maximum absolute atomic E-state index is 11.2. The van der Waals surface area contributed by atoms with Crippen LogP contribution in [0.3, 0.4) is 0 Å². The first-order valence-corrected chi connectivity index (χ1v) is 14.6. The van der Waals surface area contributed by atoms with Crippen molar-refractivity contribution >= 4 is 28.9 Å². The van der Waals surface area contributed by atoms with E-state index >= 15 is 0 Å². The predicted molar refractivity (Wildman–Crippen MR) is 99.6 cm³/mol. The molecule has 0 atom stereocenters. The second-order valence-corrected chi connectivity index (χ2v) is 10.4. The summed E-state index contributed by atoms with van der Waals surface area (Å²) in [7, 11) is 9.87. The van der Waals surface area contributed by atoms with E-state index in [-0.39, 0.29) is 22.9 Å². The van der Waals surface area contributed by atoms with E-state index in [0.717, 1.165) is 19.3 Å². The number of aliphatic imine (C=N–C) groups is 1. The Morgan fingerprint density at radius 1 is 1.40 bits per heavy atom. The second-order valence-electron chi connectivity index (χ2n) is 6.71. The number of phenolic OH excluding ortho intramolecular Hbond substituents is 1. The molecule has 0 bridgehead atoms. The minimum atomic E-state index is -0.826. The van der Waals surface area contributed by atoms with Crippen LogP contribution in [-0.2, 0) is 26.3 Å². The molecule has 8 heteroatoms. The van der Waals surface area contributed by atoms with Crippen LogP contribution in [-0.4, -0.2) is 22.3 Å². The summed E-state index contributed by atoms with van der Waals surface area (Å²) < 4.78 is 0. The van der Waals surface area contributed by atoms with Gasteiger partial charge >= 0.3 is 37.9 Å². The van der Waals surface area contributed by atoms with Gasteiger partial charge in [-0.2, -0.15) is 0 Å². The summed E-state index contributed by atoms with van der Waals surface area (Å²) in [6.45, 7) is 5.96. The van der Waals surface area contributed by atoms with Gasteiger partial charge in [-0.05, 0) is 24.7 Å². The van der Waals surface area contributed by atoms with Gasteiger partial charge in [0.05, 0.1) is 4.92 Å². The third-order valence-corrected chi connectivity index (χ3v) is 4.70. The molecule has 5 nitrogen and oxygen atoms in total. The molecule has 0 spiro atoms. The van der Waals surface area contributed by atoms with Gasteiger partial charge in [0.15, 0.2) is 0 Å². The molecule has 0 saturated heterocycles. The molecule has 1 aliphatic rings. The molecular formula is C17H24Cl2N2O3Zr. The van der Waals surface area contributed by atoms with Crippen LogP contribution >= 0.6 is 17.0 Å². The van der Waals surface area contributed by atoms with Crippen LogP contribution in [0.4, 0.5) is 5.69 Å². The SMILES string of the molecule is CCC(C)(C)c1cc([N+](=O)[O-])cc(C=NC2CCCC2)c1O.[Cl][Zr][Cl]. The van der Waals surface area contributed by atoms with E-state index in [1.807, 2.05) is 20.8 Å². The molecule has 138 valence electrons. The fraction of sp³-hybridized carbons (Fsp3) is 0.588. The van der Waals surface area contributed by atoms with Crippen molar-refractivity contribution < 1.29 is 30.9 Å². The van der Waals surface area contributed by atoms with Gasteiger partial charge in [0.2, 0.25) is 0 Å². The summed E-state index contributed by atoms with van der Waals surface area (Å²) in [5.41, 5.74) is 0.725. The van der Waals surface area contributed by atoms with Crippen molar-refractivity contribution in [1.29, 1.82) is 0 Å². The van der Waals surface area contributed by atoms with Gasteiger partial charge in [0.25, 0.3) is 5.69 Å². The van der Waals surface area contributed by atoms with E-state index in [4.69, 9.17) is 17.0 Å². The van der Waals surface area contributed by atoms with Gasteiger partial charge in [0.1, 0.15) is 5.75 Å². The number of nitro benzene ring substituents is 1. The minimum absolute atomic E-state index is 0.00203. The zero-order valence-corrected chi connectivity index (χ0v) is 18.7. The van der Waals surface area contributed by atoms with Gasteiger partial charge in [0, 0.05) is 35.5 Å². The zero-order valence-electron chi connectivity index (χ0n) is 14.8. The molecule has 1 aromatic carbocycles. The van der Waals surface area contributed by atoms with E-state index in [2.05, 4.69) is 4.99 Å². The first-order valence-electron chi connectivity index (χ1n) is 8.28. The van der Waals surface area contributed by atoms with Crippen molar-refractivity contribution in [2.45, 2.75) is 64.3 Å². The molecule has 0 amide bonds. The molecule has 2 rings (SSSR count). The third kappa shape index (κ3) is 6.65. The summed E-state index contributed by atoms with van der Waals surface area (Å²) in [6, 6.07) is 3.16. The van der Waals surface area contributed by atoms with E-state index in [0.29, 0.717) is 11.1 Å². The van der Waals surface area contributed by atoms with Crippen molar-refractivity contribution in [3.63, 3.8) is 0 Å². The maximum atomic E-state index is 11.2. The Balaban J connectivity index is 0.000000970. The van der Waals surface area contributed by atoms with E-state index in [1.165, 1.54) is 25.0 Å². The van der Waals surface area contributed by atoms with E-state index in [1.54, 1.807) is 6.21 Å². The number of aromatic hydroxyl groups is 1. The van der Waals surface area contributed by atoms with Gasteiger partial charge in [-0.25, -0.2) is 0 Å². The van der Waals surface area contributed by atoms with Gasteiger partial charge in [-0.1, -0.05) is 33.6 Å². The monoisotopic (exact) mass is 464 g/mol. The van der Waals surface area contributed by atoms with Crippen LogP contribution in [0, 0.1) is 10.1 Å². The Labute approximate surface area is 167 Å². The fourth-order valence-electron chi connectivity index (χ4n) is 2.79. The molecule has 1 fully saturated rings. The number of hydrogen-bond acceptors (Lipinski definition) is 4. The van der Waals surface area contributed by atoms with Crippen LogP contribution in [0.2, 0.25) is 0 Å². The molecule has 0 aliphatic heterocycles. The number of benzene rings is 1. The summed E-state index contributed by atoms with van der Waals surface area (Å²) >= 11 is -0.826. The van der Waals surface area contributed by atoms with Crippen LogP contribution < -0.4 is 0 Å². The van der Waals surface area contributed by atoms with Crippen LogP contribution in [0.25, 0.3) is 0 Å². The molecule has 1 aromatic rings. The second kappa shape index (κ2) is 10.6. The summed E-state index contributed by atoms with van der Waals surface area (Å²) in [4.78, 5) is 15.3. The average Bonchev–Trinajstić information content (AvgIpc) is 3.07. The summed E-state index contributed by atoms with van der Waals surface area (Å²) in [6.07, 6.45) is 6.85. The number of nitrogens with zero attached hydrogens (tertiary/aromatic N) is 2. The number of nitro groups is 1. The molecule has 0 radical (unpaired) electrons. The number of rotatable bonds is 5. The molecule has 1 N–H and O–H groups in total. The molecular weight excluding hydrogens is 442 g/mol. The first-order chi connectivity index (χ1) is 11.8. The molecule has 1 aliphatic carbocycles.